The topological polar surface area (TPSA) is 95.7 Å². The van der Waals surface area contributed by atoms with E-state index >= 15 is 0 Å². The number of hydrazone groups is 1. The van der Waals surface area contributed by atoms with Crippen LogP contribution in [0.3, 0.4) is 0 Å². The molecule has 23 heavy (non-hydrogen) atoms. The summed E-state index contributed by atoms with van der Waals surface area (Å²) in [5, 5.41) is 15.6. The largest absolute Gasteiger partial charge is 0.494 e. The van der Waals surface area contributed by atoms with Crippen LogP contribution in [0.2, 0.25) is 0 Å². The zero-order chi connectivity index (χ0) is 16.5. The number of hydrogen-bond acceptors (Lipinski definition) is 6. The second-order valence-electron chi connectivity index (χ2n) is 4.99. The van der Waals surface area contributed by atoms with E-state index in [1.165, 1.54) is 0 Å². The van der Waals surface area contributed by atoms with Crippen LogP contribution in [-0.4, -0.2) is 37.5 Å². The highest BCUT2D eigenvalue weighted by Gasteiger charge is 2.18. The Morgan fingerprint density at radius 2 is 2.26 bits per heavy atom. The molecular formula is C16H20N4O3. The number of rotatable bonds is 7. The van der Waals surface area contributed by atoms with Crippen molar-refractivity contribution in [1.82, 2.24) is 5.32 Å². The number of hydrogen-bond donors (Lipinski definition) is 2. The normalized spacial score (nSPS) is 17.4. The van der Waals surface area contributed by atoms with Gasteiger partial charge in [0.25, 0.3) is 5.91 Å². The van der Waals surface area contributed by atoms with E-state index in [2.05, 4.69) is 15.8 Å². The molecule has 2 rings (SSSR count). The Morgan fingerprint density at radius 1 is 1.48 bits per heavy atom. The third kappa shape index (κ3) is 5.27. The lowest BCUT2D eigenvalue weighted by atomic mass is 10.2. The van der Waals surface area contributed by atoms with Crippen LogP contribution in [0.4, 0.5) is 5.69 Å². The summed E-state index contributed by atoms with van der Waals surface area (Å²) in [6, 6.07) is 8.87. The Labute approximate surface area is 135 Å². The summed E-state index contributed by atoms with van der Waals surface area (Å²) < 4.78 is 10.7. The highest BCUT2D eigenvalue weighted by atomic mass is 16.5. The van der Waals surface area contributed by atoms with Crippen molar-refractivity contribution in [3.8, 4) is 11.8 Å². The summed E-state index contributed by atoms with van der Waals surface area (Å²) in [4.78, 5) is 11.9. The van der Waals surface area contributed by atoms with Gasteiger partial charge in [-0.1, -0.05) is 0 Å². The molecule has 0 saturated carbocycles. The quantitative estimate of drug-likeness (QED) is 0.589. The summed E-state index contributed by atoms with van der Waals surface area (Å²) in [6.07, 6.45) is 1.95. The average Bonchev–Trinajstić information content (AvgIpc) is 3.09. The van der Waals surface area contributed by atoms with Crippen molar-refractivity contribution in [2.45, 2.75) is 25.9 Å². The number of ether oxygens (including phenoxy) is 2. The van der Waals surface area contributed by atoms with Gasteiger partial charge in [0.1, 0.15) is 11.8 Å². The minimum Gasteiger partial charge on any atom is -0.494 e. The van der Waals surface area contributed by atoms with Gasteiger partial charge in [0.05, 0.1) is 18.4 Å². The maximum atomic E-state index is 11.9. The van der Waals surface area contributed by atoms with E-state index in [-0.39, 0.29) is 11.8 Å². The molecule has 1 aromatic rings. The van der Waals surface area contributed by atoms with Crippen LogP contribution >= 0.6 is 0 Å². The predicted molar refractivity (Wildman–Crippen MR) is 86.3 cm³/mol. The Kier molecular flexibility index (Phi) is 6.39. The molecular weight excluding hydrogens is 296 g/mol. The highest BCUT2D eigenvalue weighted by Crippen LogP contribution is 2.15. The van der Waals surface area contributed by atoms with Crippen molar-refractivity contribution in [3.05, 3.63) is 24.3 Å². The summed E-state index contributed by atoms with van der Waals surface area (Å²) >= 11 is 0. The fourth-order valence-corrected chi connectivity index (χ4v) is 2.13. The maximum absolute atomic E-state index is 11.9. The summed E-state index contributed by atoms with van der Waals surface area (Å²) in [6.45, 7) is 3.61. The van der Waals surface area contributed by atoms with Crippen LogP contribution in [-0.2, 0) is 9.53 Å². The molecule has 1 aliphatic rings. The SMILES string of the molecule is CCOc1ccc(N/N=C(/C#N)C(=O)NC[C@@H]2CCCO2)cc1. The van der Waals surface area contributed by atoms with Gasteiger partial charge in [-0.3, -0.25) is 10.2 Å². The average molecular weight is 316 g/mol. The first-order valence-corrected chi connectivity index (χ1v) is 7.59. The number of anilines is 1. The number of carbonyl (C=O) groups excluding carboxylic acids is 1. The van der Waals surface area contributed by atoms with E-state index < -0.39 is 5.91 Å². The van der Waals surface area contributed by atoms with Gasteiger partial charge in [-0.15, -0.1) is 0 Å². The zero-order valence-corrected chi connectivity index (χ0v) is 13.0. The molecule has 0 aromatic heterocycles. The molecule has 2 N–H and O–H groups in total. The molecule has 122 valence electrons. The Hall–Kier alpha value is -2.59. The summed E-state index contributed by atoms with van der Waals surface area (Å²) in [5.41, 5.74) is 3.13. The van der Waals surface area contributed by atoms with E-state index in [4.69, 9.17) is 14.7 Å². The molecule has 1 aliphatic heterocycles. The third-order valence-electron chi connectivity index (χ3n) is 3.30. The number of nitrogens with zero attached hydrogens (tertiary/aromatic N) is 2. The van der Waals surface area contributed by atoms with Crippen LogP contribution in [0.5, 0.6) is 5.75 Å². The molecule has 7 nitrogen and oxygen atoms in total. The van der Waals surface area contributed by atoms with Crippen molar-refractivity contribution in [3.63, 3.8) is 0 Å². The Balaban J connectivity index is 1.87. The first kappa shape index (κ1) is 16.8. The van der Waals surface area contributed by atoms with E-state index in [9.17, 15) is 4.79 Å². The fourth-order valence-electron chi connectivity index (χ4n) is 2.13. The van der Waals surface area contributed by atoms with Crippen LogP contribution in [0.1, 0.15) is 19.8 Å². The van der Waals surface area contributed by atoms with Gasteiger partial charge in [0.15, 0.2) is 0 Å². The van der Waals surface area contributed by atoms with Crippen molar-refractivity contribution in [1.29, 1.82) is 5.26 Å². The van der Waals surface area contributed by atoms with E-state index in [1.54, 1.807) is 30.3 Å². The van der Waals surface area contributed by atoms with E-state index in [1.807, 2.05) is 6.92 Å². The summed E-state index contributed by atoms with van der Waals surface area (Å²) in [5.74, 6) is 0.235. The second kappa shape index (κ2) is 8.76. The van der Waals surface area contributed by atoms with Crippen molar-refractivity contribution >= 4 is 17.3 Å². The molecule has 1 aromatic carbocycles. The Bertz CT molecular complexity index is 586. The lowest BCUT2D eigenvalue weighted by Gasteiger charge is -2.10. The summed E-state index contributed by atoms with van der Waals surface area (Å²) in [7, 11) is 0. The van der Waals surface area contributed by atoms with Crippen LogP contribution in [0.15, 0.2) is 29.4 Å². The molecule has 1 fully saturated rings. The maximum Gasteiger partial charge on any atom is 0.282 e. The van der Waals surface area contributed by atoms with Crippen LogP contribution in [0, 0.1) is 11.3 Å². The smallest absolute Gasteiger partial charge is 0.282 e. The van der Waals surface area contributed by atoms with Crippen LogP contribution < -0.4 is 15.5 Å². The lowest BCUT2D eigenvalue weighted by molar-refractivity contribution is -0.115. The first-order chi connectivity index (χ1) is 11.2. The fraction of sp³-hybridized carbons (Fsp3) is 0.438. The molecule has 1 atom stereocenters. The van der Waals surface area contributed by atoms with Crippen molar-refractivity contribution < 1.29 is 14.3 Å². The van der Waals surface area contributed by atoms with Gasteiger partial charge in [-0.05, 0) is 44.0 Å². The van der Waals surface area contributed by atoms with Gasteiger partial charge in [-0.25, -0.2) is 0 Å². The molecule has 1 saturated heterocycles. The molecule has 1 amide bonds. The van der Waals surface area contributed by atoms with Crippen molar-refractivity contribution in [2.75, 3.05) is 25.2 Å². The van der Waals surface area contributed by atoms with E-state index in [0.717, 1.165) is 25.2 Å². The highest BCUT2D eigenvalue weighted by molar-refractivity contribution is 6.45. The lowest BCUT2D eigenvalue weighted by Crippen LogP contribution is -2.36. The molecule has 7 heteroatoms. The minimum atomic E-state index is -0.513. The second-order valence-corrected chi connectivity index (χ2v) is 4.99. The standard InChI is InChI=1S/C16H20N4O3/c1-2-22-13-7-5-12(6-8-13)19-20-15(10-17)16(21)18-11-14-4-3-9-23-14/h5-8,14,19H,2-4,9,11H2,1H3,(H,18,21)/b20-15-/t14-/m0/s1. The number of carbonyl (C=O) groups is 1. The molecule has 0 unspecified atom stereocenters. The molecule has 0 spiro atoms. The zero-order valence-electron chi connectivity index (χ0n) is 13.0. The predicted octanol–water partition coefficient (Wildman–Crippen LogP) is 1.67. The third-order valence-corrected chi connectivity index (χ3v) is 3.30. The van der Waals surface area contributed by atoms with E-state index in [0.29, 0.717) is 18.8 Å². The monoisotopic (exact) mass is 316 g/mol. The van der Waals surface area contributed by atoms with Crippen LogP contribution in [0.25, 0.3) is 0 Å². The molecule has 1 heterocycles. The molecule has 0 radical (unpaired) electrons. The Morgan fingerprint density at radius 3 is 2.87 bits per heavy atom. The first-order valence-electron chi connectivity index (χ1n) is 7.59. The number of nitrogens with one attached hydrogen (secondary N) is 2. The van der Waals surface area contributed by atoms with Gasteiger partial charge < -0.3 is 14.8 Å². The van der Waals surface area contributed by atoms with Gasteiger partial charge in [0.2, 0.25) is 5.71 Å². The number of benzene rings is 1. The molecule has 0 bridgehead atoms. The number of amides is 1. The van der Waals surface area contributed by atoms with Crippen molar-refractivity contribution in [2.24, 2.45) is 5.10 Å². The van der Waals surface area contributed by atoms with Gasteiger partial charge in [0, 0.05) is 13.2 Å². The number of nitriles is 1. The molecule has 0 aliphatic carbocycles. The minimum absolute atomic E-state index is 0.0259. The van der Waals surface area contributed by atoms with Gasteiger partial charge in [-0.2, -0.15) is 10.4 Å². The van der Waals surface area contributed by atoms with Gasteiger partial charge >= 0.3 is 0 Å².